The summed E-state index contributed by atoms with van der Waals surface area (Å²) in [4.78, 5) is 16.0. The van der Waals surface area contributed by atoms with Crippen LogP contribution in [0.1, 0.15) is 31.7 Å². The summed E-state index contributed by atoms with van der Waals surface area (Å²) in [6.45, 7) is 0. The monoisotopic (exact) mass is 320 g/mol. The average molecular weight is 322 g/mol. The molecule has 1 saturated carbocycles. The van der Waals surface area contributed by atoms with Crippen LogP contribution in [-0.2, 0) is 4.74 Å². The molecule has 0 N–H and O–H groups in total. The number of hydrogen-bond acceptors (Lipinski definition) is 3. The van der Waals surface area contributed by atoms with E-state index in [9.17, 15) is 4.79 Å². The molecule has 0 saturated heterocycles. The molecule has 0 radical (unpaired) electrons. The fourth-order valence-electron chi connectivity index (χ4n) is 2.27. The number of hydrogen-bond donors (Lipinski definition) is 0. The van der Waals surface area contributed by atoms with E-state index in [0.717, 1.165) is 25.7 Å². The third-order valence-corrected chi connectivity index (χ3v) is 4.45. The summed E-state index contributed by atoms with van der Waals surface area (Å²) in [7, 11) is 1.71. The highest BCUT2D eigenvalue weighted by Gasteiger charge is 2.24. The second kappa shape index (κ2) is 5.50. The van der Waals surface area contributed by atoms with E-state index in [2.05, 4.69) is 20.9 Å². The Bertz CT molecular complexity index is 463. The standard InChI is InChI=1S/C11H14BrClN2O2/c1-17-8-4-2-3-7(5-8)15-6-14-10(13)9(12)11(15)16/h6-8H,2-5H2,1H3. The van der Waals surface area contributed by atoms with Gasteiger partial charge in [0.2, 0.25) is 0 Å². The lowest BCUT2D eigenvalue weighted by molar-refractivity contribution is 0.0522. The molecule has 0 aliphatic heterocycles. The number of aromatic nitrogens is 2. The molecule has 2 rings (SSSR count). The Morgan fingerprint density at radius 3 is 3.06 bits per heavy atom. The summed E-state index contributed by atoms with van der Waals surface area (Å²) in [6, 6.07) is 0.155. The average Bonchev–Trinajstić information content (AvgIpc) is 2.36. The molecule has 0 aromatic carbocycles. The Morgan fingerprint density at radius 2 is 2.35 bits per heavy atom. The minimum atomic E-state index is -0.119. The molecule has 1 fully saturated rings. The van der Waals surface area contributed by atoms with Crippen molar-refractivity contribution in [3.63, 3.8) is 0 Å². The van der Waals surface area contributed by atoms with Crippen LogP contribution in [0.5, 0.6) is 0 Å². The van der Waals surface area contributed by atoms with Gasteiger partial charge in [-0.2, -0.15) is 0 Å². The van der Waals surface area contributed by atoms with Gasteiger partial charge in [0.1, 0.15) is 4.47 Å². The Labute approximate surface area is 113 Å². The summed E-state index contributed by atoms with van der Waals surface area (Å²) < 4.78 is 7.35. The molecule has 1 aliphatic carbocycles. The summed E-state index contributed by atoms with van der Waals surface area (Å²) in [5.74, 6) is 0. The molecular formula is C11H14BrClN2O2. The van der Waals surface area contributed by atoms with Gasteiger partial charge in [0.15, 0.2) is 5.15 Å². The van der Waals surface area contributed by atoms with Gasteiger partial charge in [-0.05, 0) is 41.6 Å². The lowest BCUT2D eigenvalue weighted by Crippen LogP contribution is -2.31. The van der Waals surface area contributed by atoms with Gasteiger partial charge in [-0.3, -0.25) is 9.36 Å². The van der Waals surface area contributed by atoms with Gasteiger partial charge >= 0.3 is 0 Å². The fraction of sp³-hybridized carbons (Fsp3) is 0.636. The number of nitrogens with zero attached hydrogens (tertiary/aromatic N) is 2. The smallest absolute Gasteiger partial charge is 0.269 e. The van der Waals surface area contributed by atoms with Gasteiger partial charge in [0, 0.05) is 13.2 Å². The van der Waals surface area contributed by atoms with Crippen molar-refractivity contribution in [2.45, 2.75) is 37.8 Å². The molecule has 0 spiro atoms. The maximum absolute atomic E-state index is 12.0. The van der Waals surface area contributed by atoms with E-state index in [1.807, 2.05) is 0 Å². The fourth-order valence-corrected chi connectivity index (χ4v) is 2.70. The minimum Gasteiger partial charge on any atom is -0.381 e. The van der Waals surface area contributed by atoms with E-state index in [0.29, 0.717) is 4.47 Å². The molecule has 4 nitrogen and oxygen atoms in total. The van der Waals surface area contributed by atoms with Crippen molar-refractivity contribution in [2.24, 2.45) is 0 Å². The van der Waals surface area contributed by atoms with Gasteiger partial charge in [-0.15, -0.1) is 0 Å². The van der Waals surface area contributed by atoms with Crippen LogP contribution < -0.4 is 5.56 Å². The second-order valence-corrected chi connectivity index (χ2v) is 5.39. The van der Waals surface area contributed by atoms with Crippen LogP contribution in [0.3, 0.4) is 0 Å². The molecular weight excluding hydrogens is 307 g/mol. The molecule has 2 atom stereocenters. The van der Waals surface area contributed by atoms with E-state index < -0.39 is 0 Å². The zero-order valence-corrected chi connectivity index (χ0v) is 11.9. The van der Waals surface area contributed by atoms with Crippen molar-refractivity contribution in [2.75, 3.05) is 7.11 Å². The predicted molar refractivity (Wildman–Crippen MR) is 69.5 cm³/mol. The first kappa shape index (κ1) is 13.1. The highest BCUT2D eigenvalue weighted by molar-refractivity contribution is 9.10. The molecule has 94 valence electrons. The molecule has 1 aromatic heterocycles. The van der Waals surface area contributed by atoms with Gasteiger partial charge in [0.25, 0.3) is 5.56 Å². The number of ether oxygens (including phenoxy) is 1. The normalized spacial score (nSPS) is 24.9. The summed E-state index contributed by atoms with van der Waals surface area (Å²) >= 11 is 8.95. The highest BCUT2D eigenvalue weighted by atomic mass is 79.9. The van der Waals surface area contributed by atoms with E-state index in [4.69, 9.17) is 16.3 Å². The second-order valence-electron chi connectivity index (χ2n) is 4.24. The zero-order chi connectivity index (χ0) is 12.4. The van der Waals surface area contributed by atoms with Gasteiger partial charge in [-0.25, -0.2) is 4.98 Å². The van der Waals surface area contributed by atoms with Crippen LogP contribution in [0, 0.1) is 0 Å². The molecule has 1 heterocycles. The lowest BCUT2D eigenvalue weighted by atomic mass is 9.92. The summed E-state index contributed by atoms with van der Waals surface area (Å²) in [5.41, 5.74) is -0.119. The van der Waals surface area contributed by atoms with E-state index in [1.54, 1.807) is 11.7 Å². The first-order chi connectivity index (χ1) is 8.13. The summed E-state index contributed by atoms with van der Waals surface area (Å²) in [5, 5.41) is 0.213. The molecule has 6 heteroatoms. The third-order valence-electron chi connectivity index (χ3n) is 3.22. The molecule has 1 aliphatic rings. The van der Waals surface area contributed by atoms with Gasteiger partial charge in [-0.1, -0.05) is 11.6 Å². The lowest BCUT2D eigenvalue weighted by Gasteiger charge is -2.29. The van der Waals surface area contributed by atoms with Crippen LogP contribution in [-0.4, -0.2) is 22.8 Å². The molecule has 1 aromatic rings. The molecule has 0 bridgehead atoms. The van der Waals surface area contributed by atoms with Crippen molar-refractivity contribution in [3.8, 4) is 0 Å². The van der Waals surface area contributed by atoms with Crippen LogP contribution in [0.25, 0.3) is 0 Å². The number of rotatable bonds is 2. The third kappa shape index (κ3) is 2.72. The van der Waals surface area contributed by atoms with Crippen LogP contribution in [0.2, 0.25) is 5.15 Å². The number of halogens is 2. The van der Waals surface area contributed by atoms with E-state index in [-0.39, 0.29) is 22.9 Å². The van der Waals surface area contributed by atoms with Crippen molar-refractivity contribution < 1.29 is 4.74 Å². The van der Waals surface area contributed by atoms with Crippen molar-refractivity contribution in [1.29, 1.82) is 0 Å². The Kier molecular flexibility index (Phi) is 4.22. The summed E-state index contributed by atoms with van der Waals surface area (Å²) in [6.07, 6.45) is 5.72. The van der Waals surface area contributed by atoms with Gasteiger partial charge < -0.3 is 4.74 Å². The molecule has 2 unspecified atom stereocenters. The van der Waals surface area contributed by atoms with Crippen LogP contribution in [0.4, 0.5) is 0 Å². The first-order valence-electron chi connectivity index (χ1n) is 5.58. The van der Waals surface area contributed by atoms with Crippen molar-refractivity contribution in [3.05, 3.63) is 26.3 Å². The van der Waals surface area contributed by atoms with Crippen molar-refractivity contribution in [1.82, 2.24) is 9.55 Å². The zero-order valence-electron chi connectivity index (χ0n) is 9.53. The predicted octanol–water partition coefficient (Wildman–Crippen LogP) is 2.79. The Balaban J connectivity index is 2.28. The SMILES string of the molecule is COC1CCCC(n2cnc(Cl)c(Br)c2=O)C1. The number of methoxy groups -OCH3 is 1. The van der Waals surface area contributed by atoms with E-state index >= 15 is 0 Å². The molecule has 17 heavy (non-hydrogen) atoms. The maximum Gasteiger partial charge on any atom is 0.269 e. The van der Waals surface area contributed by atoms with E-state index in [1.165, 1.54) is 6.33 Å². The quantitative estimate of drug-likeness (QED) is 0.787. The maximum atomic E-state index is 12.0. The first-order valence-corrected chi connectivity index (χ1v) is 6.75. The largest absolute Gasteiger partial charge is 0.381 e. The molecule has 0 amide bonds. The van der Waals surface area contributed by atoms with Crippen LogP contribution in [0.15, 0.2) is 15.6 Å². The van der Waals surface area contributed by atoms with Gasteiger partial charge in [0.05, 0.1) is 12.4 Å². The van der Waals surface area contributed by atoms with Crippen LogP contribution >= 0.6 is 27.5 Å². The Hall–Kier alpha value is -0.390. The topological polar surface area (TPSA) is 44.1 Å². The Morgan fingerprint density at radius 1 is 1.59 bits per heavy atom. The minimum absolute atomic E-state index is 0.119. The van der Waals surface area contributed by atoms with Crippen molar-refractivity contribution >= 4 is 27.5 Å². The highest BCUT2D eigenvalue weighted by Crippen LogP contribution is 2.29.